The summed E-state index contributed by atoms with van der Waals surface area (Å²) in [6.07, 6.45) is 4.82. The van der Waals surface area contributed by atoms with Crippen LogP contribution in [0.4, 0.5) is 0 Å². The van der Waals surface area contributed by atoms with E-state index in [9.17, 15) is 0 Å². The highest BCUT2D eigenvalue weighted by Crippen LogP contribution is 2.23. The average molecular weight is 285 g/mol. The van der Waals surface area contributed by atoms with Crippen LogP contribution in [0, 0.1) is 0 Å². The summed E-state index contributed by atoms with van der Waals surface area (Å²) in [6.45, 7) is 7.18. The van der Waals surface area contributed by atoms with E-state index in [1.807, 2.05) is 38.2 Å². The van der Waals surface area contributed by atoms with E-state index in [0.29, 0.717) is 0 Å². The molecule has 0 aliphatic carbocycles. The number of hydrogen-bond acceptors (Lipinski definition) is 4. The van der Waals surface area contributed by atoms with Crippen molar-refractivity contribution in [1.29, 1.82) is 0 Å². The maximum Gasteiger partial charge on any atom is 0.119 e. The van der Waals surface area contributed by atoms with E-state index < -0.39 is 0 Å². The highest BCUT2D eigenvalue weighted by molar-refractivity contribution is 5.34. The first-order chi connectivity index (χ1) is 10.2. The molecule has 1 unspecified atom stereocenters. The first-order valence-electron chi connectivity index (χ1n) is 7.47. The number of nitrogens with one attached hydrogen (secondary N) is 1. The Bertz CT molecular complexity index is 525. The molecule has 1 atom stereocenters. The van der Waals surface area contributed by atoms with Gasteiger partial charge in [-0.05, 0) is 56.1 Å². The van der Waals surface area contributed by atoms with Crippen molar-refractivity contribution in [2.75, 3.05) is 6.54 Å². The molecule has 4 heteroatoms. The van der Waals surface area contributed by atoms with Gasteiger partial charge in [0, 0.05) is 6.20 Å². The second-order valence-electron chi connectivity index (χ2n) is 5.30. The third-order valence-corrected chi connectivity index (χ3v) is 3.12. The van der Waals surface area contributed by atoms with Crippen LogP contribution in [0.1, 0.15) is 44.4 Å². The van der Waals surface area contributed by atoms with Crippen LogP contribution < -0.4 is 10.1 Å². The number of ether oxygens (including phenoxy) is 1. The number of rotatable bonds is 7. The predicted octanol–water partition coefficient (Wildman–Crippen LogP) is 3.35. The second-order valence-corrected chi connectivity index (χ2v) is 5.30. The average Bonchev–Trinajstić information content (AvgIpc) is 2.50. The molecular weight excluding hydrogens is 262 g/mol. The van der Waals surface area contributed by atoms with Gasteiger partial charge >= 0.3 is 0 Å². The van der Waals surface area contributed by atoms with E-state index in [4.69, 9.17) is 4.74 Å². The molecule has 0 bridgehead atoms. The highest BCUT2D eigenvalue weighted by atomic mass is 16.5. The molecule has 0 aliphatic heterocycles. The van der Waals surface area contributed by atoms with Crippen molar-refractivity contribution >= 4 is 0 Å². The quantitative estimate of drug-likeness (QED) is 0.847. The van der Waals surface area contributed by atoms with E-state index in [1.54, 1.807) is 6.20 Å². The lowest BCUT2D eigenvalue weighted by molar-refractivity contribution is 0.242. The van der Waals surface area contributed by atoms with E-state index >= 15 is 0 Å². The summed E-state index contributed by atoms with van der Waals surface area (Å²) in [6, 6.07) is 10.4. The molecule has 0 spiro atoms. The van der Waals surface area contributed by atoms with Gasteiger partial charge in [0.2, 0.25) is 0 Å². The molecule has 112 valence electrons. The molecule has 21 heavy (non-hydrogen) atoms. The maximum atomic E-state index is 5.69. The van der Waals surface area contributed by atoms with Crippen LogP contribution in [0.3, 0.4) is 0 Å². The third-order valence-electron chi connectivity index (χ3n) is 3.12. The van der Waals surface area contributed by atoms with Crippen molar-refractivity contribution in [2.24, 2.45) is 0 Å². The Morgan fingerprint density at radius 3 is 2.38 bits per heavy atom. The van der Waals surface area contributed by atoms with Crippen molar-refractivity contribution in [2.45, 2.75) is 39.3 Å². The van der Waals surface area contributed by atoms with Gasteiger partial charge in [0.25, 0.3) is 0 Å². The van der Waals surface area contributed by atoms with Crippen LogP contribution in [0.25, 0.3) is 0 Å². The van der Waals surface area contributed by atoms with Crippen molar-refractivity contribution in [1.82, 2.24) is 15.5 Å². The van der Waals surface area contributed by atoms with E-state index in [2.05, 4.69) is 34.6 Å². The Labute approximate surface area is 126 Å². The number of nitrogens with zero attached hydrogens (tertiary/aromatic N) is 2. The molecule has 2 aromatic rings. The van der Waals surface area contributed by atoms with Gasteiger partial charge in [-0.15, -0.1) is 0 Å². The number of aromatic nitrogens is 2. The van der Waals surface area contributed by atoms with Gasteiger partial charge in [-0.1, -0.05) is 19.1 Å². The summed E-state index contributed by atoms with van der Waals surface area (Å²) < 4.78 is 5.69. The monoisotopic (exact) mass is 285 g/mol. The first kappa shape index (κ1) is 15.4. The molecule has 0 radical (unpaired) electrons. The maximum absolute atomic E-state index is 5.69. The normalized spacial score (nSPS) is 12.4. The van der Waals surface area contributed by atoms with E-state index in [-0.39, 0.29) is 12.1 Å². The SMILES string of the molecule is CCCNC(c1ccc(OC(C)C)cc1)c1ccnnc1. The summed E-state index contributed by atoms with van der Waals surface area (Å²) >= 11 is 0. The lowest BCUT2D eigenvalue weighted by Crippen LogP contribution is -2.23. The van der Waals surface area contributed by atoms with E-state index in [1.165, 1.54) is 5.56 Å². The molecule has 0 saturated carbocycles. The fraction of sp³-hybridized carbons (Fsp3) is 0.412. The van der Waals surface area contributed by atoms with Gasteiger partial charge in [-0.2, -0.15) is 10.2 Å². The lowest BCUT2D eigenvalue weighted by Gasteiger charge is -2.19. The third kappa shape index (κ3) is 4.53. The molecule has 0 aliphatic rings. The zero-order chi connectivity index (χ0) is 15.1. The zero-order valence-electron chi connectivity index (χ0n) is 12.9. The Morgan fingerprint density at radius 1 is 1.05 bits per heavy atom. The van der Waals surface area contributed by atoms with E-state index in [0.717, 1.165) is 24.3 Å². The molecular formula is C17H23N3O. The molecule has 1 aromatic carbocycles. The second kappa shape index (κ2) is 7.74. The van der Waals surface area contributed by atoms with Gasteiger partial charge in [0.05, 0.1) is 18.3 Å². The summed E-state index contributed by atoms with van der Waals surface area (Å²) in [7, 11) is 0. The van der Waals surface area contributed by atoms with Crippen LogP contribution in [0.15, 0.2) is 42.7 Å². The Balaban J connectivity index is 2.20. The Hall–Kier alpha value is -1.94. The van der Waals surface area contributed by atoms with Crippen molar-refractivity contribution in [3.05, 3.63) is 53.9 Å². The van der Waals surface area contributed by atoms with Crippen molar-refractivity contribution in [3.63, 3.8) is 0 Å². The Morgan fingerprint density at radius 2 is 1.81 bits per heavy atom. The topological polar surface area (TPSA) is 47.0 Å². The molecule has 0 fully saturated rings. The van der Waals surface area contributed by atoms with Crippen LogP contribution in [0.5, 0.6) is 5.75 Å². The minimum absolute atomic E-state index is 0.133. The van der Waals surface area contributed by atoms with Crippen LogP contribution in [0.2, 0.25) is 0 Å². The summed E-state index contributed by atoms with van der Waals surface area (Å²) in [4.78, 5) is 0. The minimum Gasteiger partial charge on any atom is -0.491 e. The molecule has 1 aromatic heterocycles. The fourth-order valence-corrected chi connectivity index (χ4v) is 2.20. The fourth-order valence-electron chi connectivity index (χ4n) is 2.20. The summed E-state index contributed by atoms with van der Waals surface area (Å²) in [5.74, 6) is 0.899. The molecule has 1 N–H and O–H groups in total. The van der Waals surface area contributed by atoms with Gasteiger partial charge < -0.3 is 10.1 Å². The largest absolute Gasteiger partial charge is 0.491 e. The minimum atomic E-state index is 0.133. The van der Waals surface area contributed by atoms with Crippen LogP contribution >= 0.6 is 0 Å². The van der Waals surface area contributed by atoms with Crippen molar-refractivity contribution in [3.8, 4) is 5.75 Å². The van der Waals surface area contributed by atoms with Gasteiger partial charge in [-0.25, -0.2) is 0 Å². The number of benzene rings is 1. The summed E-state index contributed by atoms with van der Waals surface area (Å²) in [5, 5.41) is 11.4. The molecule has 1 heterocycles. The first-order valence-corrected chi connectivity index (χ1v) is 7.47. The number of hydrogen-bond donors (Lipinski definition) is 1. The summed E-state index contributed by atoms with van der Waals surface area (Å²) in [5.41, 5.74) is 2.32. The van der Waals surface area contributed by atoms with Gasteiger partial charge in [0.1, 0.15) is 5.75 Å². The Kier molecular flexibility index (Phi) is 5.69. The molecule has 4 nitrogen and oxygen atoms in total. The molecule has 0 saturated heterocycles. The smallest absolute Gasteiger partial charge is 0.119 e. The lowest BCUT2D eigenvalue weighted by atomic mass is 10.0. The molecule has 0 amide bonds. The predicted molar refractivity (Wildman–Crippen MR) is 84.4 cm³/mol. The molecule has 2 rings (SSSR count). The van der Waals surface area contributed by atoms with Crippen LogP contribution in [-0.4, -0.2) is 22.8 Å². The van der Waals surface area contributed by atoms with Gasteiger partial charge in [-0.3, -0.25) is 0 Å². The zero-order valence-corrected chi connectivity index (χ0v) is 12.9. The van der Waals surface area contributed by atoms with Crippen LogP contribution in [-0.2, 0) is 0 Å². The standard InChI is InChI=1S/C17H23N3O/c1-4-10-18-17(15-9-11-19-20-12-15)14-5-7-16(8-6-14)21-13(2)3/h5-9,11-13,17-18H,4,10H2,1-3H3. The highest BCUT2D eigenvalue weighted by Gasteiger charge is 2.13. The van der Waals surface area contributed by atoms with Crippen molar-refractivity contribution < 1.29 is 4.74 Å². The van der Waals surface area contributed by atoms with Gasteiger partial charge in [0.15, 0.2) is 0 Å².